The van der Waals surface area contributed by atoms with E-state index in [4.69, 9.17) is 0 Å². The van der Waals surface area contributed by atoms with E-state index in [1.54, 1.807) is 6.92 Å². The number of likely N-dealkylation sites (tertiary alicyclic amines) is 1. The van der Waals surface area contributed by atoms with Crippen molar-refractivity contribution in [2.45, 2.75) is 32.5 Å². The fourth-order valence-electron chi connectivity index (χ4n) is 1.49. The molecule has 0 radical (unpaired) electrons. The molecule has 12 heavy (non-hydrogen) atoms. The van der Waals surface area contributed by atoms with Crippen LogP contribution in [0.1, 0.15) is 20.8 Å². The van der Waals surface area contributed by atoms with E-state index >= 15 is 0 Å². The van der Waals surface area contributed by atoms with Gasteiger partial charge in [-0.2, -0.15) is 0 Å². The van der Waals surface area contributed by atoms with E-state index in [1.807, 2.05) is 18.7 Å². The van der Waals surface area contributed by atoms with Gasteiger partial charge in [-0.25, -0.2) is 4.39 Å². The van der Waals surface area contributed by atoms with E-state index in [2.05, 4.69) is 0 Å². The second-order valence-electron chi connectivity index (χ2n) is 4.39. The van der Waals surface area contributed by atoms with Gasteiger partial charge in [-0.1, -0.05) is 13.8 Å². The fraction of sp³-hybridized carbons (Fsp3) is 1.00. The zero-order valence-electron chi connectivity index (χ0n) is 8.05. The maximum Gasteiger partial charge on any atom is 0.133 e. The van der Waals surface area contributed by atoms with Crippen molar-refractivity contribution in [1.82, 2.24) is 4.90 Å². The average Bonchev–Trinajstić information content (AvgIpc) is 1.83. The van der Waals surface area contributed by atoms with E-state index < -0.39 is 5.67 Å². The third-order valence-electron chi connectivity index (χ3n) is 2.32. The van der Waals surface area contributed by atoms with Gasteiger partial charge in [0.25, 0.3) is 0 Å². The molecule has 1 unspecified atom stereocenters. The largest absolute Gasteiger partial charge is 0.392 e. The molecule has 1 aliphatic heterocycles. The molecule has 2 nitrogen and oxygen atoms in total. The Morgan fingerprint density at radius 3 is 2.33 bits per heavy atom. The van der Waals surface area contributed by atoms with Crippen molar-refractivity contribution in [1.29, 1.82) is 0 Å². The first-order valence-electron chi connectivity index (χ1n) is 4.50. The molecule has 1 atom stereocenters. The number of aliphatic hydroxyl groups is 1. The second-order valence-corrected chi connectivity index (χ2v) is 4.39. The molecule has 1 aliphatic rings. The SMILES string of the molecule is CC(C)C(O)CN1CC(C)(F)C1. The molecule has 0 saturated carbocycles. The normalized spacial score (nSPS) is 25.5. The van der Waals surface area contributed by atoms with Crippen LogP contribution in [0.5, 0.6) is 0 Å². The summed E-state index contributed by atoms with van der Waals surface area (Å²) in [5.74, 6) is 0.261. The highest BCUT2D eigenvalue weighted by atomic mass is 19.1. The number of hydrogen-bond donors (Lipinski definition) is 1. The summed E-state index contributed by atoms with van der Waals surface area (Å²) in [6.07, 6.45) is -0.318. The number of rotatable bonds is 3. The van der Waals surface area contributed by atoms with Crippen LogP contribution in [-0.2, 0) is 0 Å². The Morgan fingerprint density at radius 1 is 1.50 bits per heavy atom. The molecule has 0 aromatic carbocycles. The van der Waals surface area contributed by atoms with Crippen LogP contribution in [0.2, 0.25) is 0 Å². The van der Waals surface area contributed by atoms with Crippen molar-refractivity contribution >= 4 is 0 Å². The third kappa shape index (κ3) is 2.42. The molecule has 0 spiro atoms. The van der Waals surface area contributed by atoms with Gasteiger partial charge < -0.3 is 5.11 Å². The lowest BCUT2D eigenvalue weighted by Crippen LogP contribution is -2.59. The maximum absolute atomic E-state index is 13.0. The number of halogens is 1. The minimum atomic E-state index is -1.02. The van der Waals surface area contributed by atoms with Gasteiger partial charge in [0.1, 0.15) is 5.67 Å². The van der Waals surface area contributed by atoms with Crippen molar-refractivity contribution in [3.63, 3.8) is 0 Å². The number of alkyl halides is 1. The lowest BCUT2D eigenvalue weighted by molar-refractivity contribution is -0.0467. The summed E-state index contributed by atoms with van der Waals surface area (Å²) >= 11 is 0. The van der Waals surface area contributed by atoms with Gasteiger partial charge in [0, 0.05) is 19.6 Å². The van der Waals surface area contributed by atoms with Gasteiger partial charge in [-0.3, -0.25) is 4.90 Å². The molecule has 0 bridgehead atoms. The first kappa shape index (κ1) is 9.93. The van der Waals surface area contributed by atoms with Crippen molar-refractivity contribution in [3.8, 4) is 0 Å². The number of aliphatic hydroxyl groups excluding tert-OH is 1. The number of β-amino-alcohol motifs (C(OH)–C–C–N with tert-alkyl or cyclic N) is 1. The minimum Gasteiger partial charge on any atom is -0.392 e. The zero-order valence-corrected chi connectivity index (χ0v) is 8.05. The Morgan fingerprint density at radius 2 is 2.00 bits per heavy atom. The molecule has 1 heterocycles. The quantitative estimate of drug-likeness (QED) is 0.693. The highest BCUT2D eigenvalue weighted by Crippen LogP contribution is 2.24. The third-order valence-corrected chi connectivity index (χ3v) is 2.32. The van der Waals surface area contributed by atoms with Crippen LogP contribution in [-0.4, -0.2) is 41.4 Å². The first-order chi connectivity index (χ1) is 5.41. The monoisotopic (exact) mass is 175 g/mol. The lowest BCUT2D eigenvalue weighted by Gasteiger charge is -2.43. The second kappa shape index (κ2) is 3.30. The smallest absolute Gasteiger partial charge is 0.133 e. The topological polar surface area (TPSA) is 23.5 Å². The van der Waals surface area contributed by atoms with Gasteiger partial charge in [0.2, 0.25) is 0 Å². The van der Waals surface area contributed by atoms with Crippen LogP contribution in [0.25, 0.3) is 0 Å². The Labute approximate surface area is 73.4 Å². The Bertz CT molecular complexity index is 151. The average molecular weight is 175 g/mol. The molecule has 1 N–H and O–H groups in total. The van der Waals surface area contributed by atoms with E-state index in [1.165, 1.54) is 0 Å². The van der Waals surface area contributed by atoms with Crippen LogP contribution in [0, 0.1) is 5.92 Å². The van der Waals surface area contributed by atoms with Crippen molar-refractivity contribution in [3.05, 3.63) is 0 Å². The minimum absolute atomic E-state index is 0.261. The first-order valence-corrected chi connectivity index (χ1v) is 4.50. The van der Waals surface area contributed by atoms with Gasteiger partial charge in [0.15, 0.2) is 0 Å². The molecule has 0 aliphatic carbocycles. The van der Waals surface area contributed by atoms with Crippen LogP contribution < -0.4 is 0 Å². The van der Waals surface area contributed by atoms with E-state index in [-0.39, 0.29) is 12.0 Å². The van der Waals surface area contributed by atoms with E-state index in [0.717, 1.165) is 0 Å². The maximum atomic E-state index is 13.0. The van der Waals surface area contributed by atoms with E-state index in [9.17, 15) is 9.50 Å². The van der Waals surface area contributed by atoms with Gasteiger partial charge in [-0.15, -0.1) is 0 Å². The molecule has 1 rings (SSSR count). The fourth-order valence-corrected chi connectivity index (χ4v) is 1.49. The molecule has 0 aromatic rings. The predicted octanol–water partition coefficient (Wildman–Crippen LogP) is 1.05. The molecule has 72 valence electrons. The number of nitrogens with zero attached hydrogens (tertiary/aromatic N) is 1. The van der Waals surface area contributed by atoms with Crippen molar-refractivity contribution < 1.29 is 9.50 Å². The summed E-state index contributed by atoms with van der Waals surface area (Å²) in [4.78, 5) is 1.95. The molecule has 1 fully saturated rings. The highest BCUT2D eigenvalue weighted by molar-refractivity contribution is 4.92. The van der Waals surface area contributed by atoms with Crippen LogP contribution in [0.15, 0.2) is 0 Å². The van der Waals surface area contributed by atoms with Crippen LogP contribution in [0.3, 0.4) is 0 Å². The predicted molar refractivity (Wildman–Crippen MR) is 46.8 cm³/mol. The Hall–Kier alpha value is -0.150. The van der Waals surface area contributed by atoms with Crippen LogP contribution >= 0.6 is 0 Å². The summed E-state index contributed by atoms with van der Waals surface area (Å²) in [6.45, 7) is 7.09. The van der Waals surface area contributed by atoms with Gasteiger partial charge in [-0.05, 0) is 12.8 Å². The van der Waals surface area contributed by atoms with E-state index in [0.29, 0.717) is 19.6 Å². The zero-order chi connectivity index (χ0) is 9.35. The van der Waals surface area contributed by atoms with Gasteiger partial charge in [0.05, 0.1) is 6.10 Å². The van der Waals surface area contributed by atoms with Crippen LogP contribution in [0.4, 0.5) is 4.39 Å². The molecular weight excluding hydrogens is 157 g/mol. The lowest BCUT2D eigenvalue weighted by atomic mass is 9.97. The summed E-state index contributed by atoms with van der Waals surface area (Å²) in [5.41, 5.74) is -1.02. The van der Waals surface area contributed by atoms with Gasteiger partial charge >= 0.3 is 0 Å². The summed E-state index contributed by atoms with van der Waals surface area (Å²) in [6, 6.07) is 0. The molecule has 3 heteroatoms. The highest BCUT2D eigenvalue weighted by Gasteiger charge is 2.39. The standard InChI is InChI=1S/C9H18FNO/c1-7(2)8(12)4-11-5-9(3,10)6-11/h7-8,12H,4-6H2,1-3H3. The Kier molecular flexibility index (Phi) is 2.74. The van der Waals surface area contributed by atoms with Crippen molar-refractivity contribution in [2.75, 3.05) is 19.6 Å². The molecular formula is C9H18FNO. The summed E-state index contributed by atoms with van der Waals surface area (Å²) in [5, 5.41) is 9.47. The van der Waals surface area contributed by atoms with Crippen molar-refractivity contribution in [2.24, 2.45) is 5.92 Å². The Balaban J connectivity index is 2.19. The number of hydrogen-bond acceptors (Lipinski definition) is 2. The summed E-state index contributed by atoms with van der Waals surface area (Å²) in [7, 11) is 0. The molecule has 0 aromatic heterocycles. The summed E-state index contributed by atoms with van der Waals surface area (Å²) < 4.78 is 13.0. The molecule has 0 amide bonds. The molecule has 1 saturated heterocycles.